The number of carboxylic acid groups (broad SMARTS) is 2. The SMILES string of the molecule is CC(C)c1ccc(C(O)CCCN2CCC(OC(c3ccccc3)c3ccccc3)CC2)cc1.O=C(O)/C=C/C(=O)O. The molecule has 0 saturated carbocycles. The van der Waals surface area contributed by atoms with Crippen molar-refractivity contribution in [2.24, 2.45) is 0 Å². The first-order chi connectivity index (χ1) is 20.2. The van der Waals surface area contributed by atoms with Crippen molar-refractivity contribution in [2.45, 2.75) is 63.8 Å². The Bertz CT molecular complexity index is 1180. The monoisotopic (exact) mass is 573 g/mol. The number of piperidine rings is 1. The van der Waals surface area contributed by atoms with Crippen molar-refractivity contribution in [3.05, 3.63) is 119 Å². The van der Waals surface area contributed by atoms with Crippen molar-refractivity contribution in [1.29, 1.82) is 0 Å². The molecule has 7 heteroatoms. The lowest BCUT2D eigenvalue weighted by molar-refractivity contribution is -0.134. The molecular weight excluding hydrogens is 530 g/mol. The summed E-state index contributed by atoms with van der Waals surface area (Å²) in [5.41, 5.74) is 4.78. The number of nitrogens with zero attached hydrogens (tertiary/aromatic N) is 1. The van der Waals surface area contributed by atoms with Crippen LogP contribution in [0.3, 0.4) is 0 Å². The van der Waals surface area contributed by atoms with Gasteiger partial charge in [0.1, 0.15) is 6.10 Å². The maximum absolute atomic E-state index is 10.6. The third kappa shape index (κ3) is 11.2. The Labute approximate surface area is 249 Å². The number of carbonyl (C=O) groups is 2. The number of aliphatic carboxylic acids is 2. The van der Waals surface area contributed by atoms with Gasteiger partial charge in [0.2, 0.25) is 0 Å². The molecule has 0 bridgehead atoms. The molecule has 1 atom stereocenters. The number of benzene rings is 3. The minimum atomic E-state index is -1.26. The molecule has 3 N–H and O–H groups in total. The zero-order valence-electron chi connectivity index (χ0n) is 24.5. The highest BCUT2D eigenvalue weighted by Gasteiger charge is 2.24. The zero-order valence-corrected chi connectivity index (χ0v) is 24.5. The first-order valence-corrected chi connectivity index (χ1v) is 14.6. The number of carboxylic acids is 2. The van der Waals surface area contributed by atoms with Crippen molar-refractivity contribution in [3.63, 3.8) is 0 Å². The normalized spacial score (nSPS) is 15.0. The summed E-state index contributed by atoms with van der Waals surface area (Å²) in [5, 5.41) is 26.2. The van der Waals surface area contributed by atoms with E-state index in [9.17, 15) is 14.7 Å². The largest absolute Gasteiger partial charge is 0.478 e. The maximum atomic E-state index is 10.6. The molecule has 1 aliphatic rings. The van der Waals surface area contributed by atoms with Crippen LogP contribution in [0.4, 0.5) is 0 Å². The summed E-state index contributed by atoms with van der Waals surface area (Å²) < 4.78 is 6.67. The standard InChI is InChI=1S/C31H39NO2.C4H4O4/c1-24(2)25-15-17-26(18-16-25)30(33)14-9-21-32-22-19-29(20-23-32)34-31(27-10-5-3-6-11-27)28-12-7-4-8-13-28;5-3(6)1-2-4(7)8/h3-8,10-13,15-18,24,29-31,33H,9,14,19-23H2,1-2H3;1-2H,(H,5,6)(H,7,8)/b;2-1+. The first kappa shape index (κ1) is 32.7. The van der Waals surface area contributed by atoms with Crippen molar-refractivity contribution in [3.8, 4) is 0 Å². The second-order valence-electron chi connectivity index (χ2n) is 10.9. The van der Waals surface area contributed by atoms with Crippen LogP contribution in [0.2, 0.25) is 0 Å². The average molecular weight is 574 g/mol. The Morgan fingerprint density at radius 1 is 0.786 bits per heavy atom. The summed E-state index contributed by atoms with van der Waals surface area (Å²) in [6.07, 6.45) is 4.91. The van der Waals surface area contributed by atoms with Gasteiger partial charge in [0.15, 0.2) is 0 Å². The Morgan fingerprint density at radius 3 is 1.71 bits per heavy atom. The summed E-state index contributed by atoms with van der Waals surface area (Å²) >= 11 is 0. The number of hydrogen-bond donors (Lipinski definition) is 3. The highest BCUT2D eigenvalue weighted by atomic mass is 16.5. The summed E-state index contributed by atoms with van der Waals surface area (Å²) in [6, 6.07) is 29.6. The van der Waals surface area contributed by atoms with Gasteiger partial charge in [-0.3, -0.25) is 0 Å². The van der Waals surface area contributed by atoms with Crippen LogP contribution in [-0.4, -0.2) is 57.9 Å². The Morgan fingerprint density at radius 2 is 1.26 bits per heavy atom. The predicted octanol–water partition coefficient (Wildman–Crippen LogP) is 6.61. The van der Waals surface area contributed by atoms with Gasteiger partial charge in [-0.25, -0.2) is 9.59 Å². The fourth-order valence-electron chi connectivity index (χ4n) is 4.99. The molecule has 7 nitrogen and oxygen atoms in total. The van der Waals surface area contributed by atoms with Gasteiger partial charge in [0.05, 0.1) is 12.2 Å². The van der Waals surface area contributed by atoms with E-state index in [1.165, 1.54) is 16.7 Å². The summed E-state index contributed by atoms with van der Waals surface area (Å²) in [5.74, 6) is -1.99. The van der Waals surface area contributed by atoms with Gasteiger partial charge in [-0.2, -0.15) is 0 Å². The number of aliphatic hydroxyl groups is 1. The molecule has 1 unspecified atom stereocenters. The third-order valence-corrected chi connectivity index (χ3v) is 7.38. The van der Waals surface area contributed by atoms with Gasteiger partial charge < -0.3 is 25.0 Å². The van der Waals surface area contributed by atoms with Crippen LogP contribution >= 0.6 is 0 Å². The van der Waals surface area contributed by atoms with Gasteiger partial charge >= 0.3 is 11.9 Å². The molecule has 0 spiro atoms. The van der Waals surface area contributed by atoms with Crippen molar-refractivity contribution in [2.75, 3.05) is 19.6 Å². The quantitative estimate of drug-likeness (QED) is 0.209. The van der Waals surface area contributed by atoms with Crippen molar-refractivity contribution < 1.29 is 29.6 Å². The van der Waals surface area contributed by atoms with Crippen LogP contribution in [0.5, 0.6) is 0 Å². The summed E-state index contributed by atoms with van der Waals surface area (Å²) in [6.45, 7) is 7.54. The second-order valence-corrected chi connectivity index (χ2v) is 10.9. The molecule has 42 heavy (non-hydrogen) atoms. The molecule has 3 aromatic rings. The minimum Gasteiger partial charge on any atom is -0.478 e. The fraction of sp³-hybridized carbons (Fsp3) is 0.371. The number of likely N-dealkylation sites (tertiary alicyclic amines) is 1. The average Bonchev–Trinajstić information content (AvgIpc) is 3.00. The van der Waals surface area contributed by atoms with Gasteiger partial charge in [0, 0.05) is 25.2 Å². The smallest absolute Gasteiger partial charge is 0.328 e. The Balaban J connectivity index is 0.000000531. The highest BCUT2D eigenvalue weighted by Crippen LogP contribution is 2.30. The summed E-state index contributed by atoms with van der Waals surface area (Å²) in [4.78, 5) is 21.6. The number of hydrogen-bond acceptors (Lipinski definition) is 5. The number of aliphatic hydroxyl groups excluding tert-OH is 1. The number of ether oxygens (including phenoxy) is 1. The predicted molar refractivity (Wildman–Crippen MR) is 164 cm³/mol. The maximum Gasteiger partial charge on any atom is 0.328 e. The lowest BCUT2D eigenvalue weighted by Gasteiger charge is -2.34. The van der Waals surface area contributed by atoms with Crippen LogP contribution in [0.1, 0.15) is 79.9 Å². The number of rotatable bonds is 12. The molecule has 0 aromatic heterocycles. The van der Waals surface area contributed by atoms with Crippen LogP contribution in [0, 0.1) is 0 Å². The van der Waals surface area contributed by atoms with Gasteiger partial charge in [-0.1, -0.05) is 98.8 Å². The molecule has 0 amide bonds. The minimum absolute atomic E-state index is 0.0174. The molecule has 1 aliphatic heterocycles. The van der Waals surface area contributed by atoms with E-state index in [1.807, 2.05) is 0 Å². The van der Waals surface area contributed by atoms with Crippen LogP contribution in [0.25, 0.3) is 0 Å². The third-order valence-electron chi connectivity index (χ3n) is 7.38. The molecule has 0 radical (unpaired) electrons. The van der Waals surface area contributed by atoms with E-state index in [0.717, 1.165) is 50.9 Å². The van der Waals surface area contributed by atoms with E-state index in [4.69, 9.17) is 14.9 Å². The molecule has 4 rings (SSSR count). The lowest BCUT2D eigenvalue weighted by atomic mass is 9.98. The molecule has 0 aliphatic carbocycles. The van der Waals surface area contributed by atoms with E-state index in [2.05, 4.69) is 104 Å². The summed E-state index contributed by atoms with van der Waals surface area (Å²) in [7, 11) is 0. The first-order valence-electron chi connectivity index (χ1n) is 14.6. The van der Waals surface area contributed by atoms with E-state index in [0.29, 0.717) is 18.1 Å². The van der Waals surface area contributed by atoms with E-state index in [1.54, 1.807) is 0 Å². The molecule has 1 heterocycles. The molecule has 224 valence electrons. The molecule has 1 fully saturated rings. The van der Waals surface area contributed by atoms with Gasteiger partial charge in [-0.05, 0) is 60.4 Å². The second kappa shape index (κ2) is 17.2. The van der Waals surface area contributed by atoms with Crippen LogP contribution in [0.15, 0.2) is 97.1 Å². The van der Waals surface area contributed by atoms with Crippen molar-refractivity contribution >= 4 is 11.9 Å². The topological polar surface area (TPSA) is 107 Å². The lowest BCUT2D eigenvalue weighted by Crippen LogP contribution is -2.38. The highest BCUT2D eigenvalue weighted by molar-refractivity contribution is 5.89. The fourth-order valence-corrected chi connectivity index (χ4v) is 4.99. The Kier molecular flexibility index (Phi) is 13.4. The van der Waals surface area contributed by atoms with Gasteiger partial charge in [-0.15, -0.1) is 0 Å². The van der Waals surface area contributed by atoms with Crippen LogP contribution in [-0.2, 0) is 14.3 Å². The van der Waals surface area contributed by atoms with E-state index >= 15 is 0 Å². The van der Waals surface area contributed by atoms with Gasteiger partial charge in [0.25, 0.3) is 0 Å². The van der Waals surface area contributed by atoms with Crippen LogP contribution < -0.4 is 0 Å². The zero-order chi connectivity index (χ0) is 30.3. The van der Waals surface area contributed by atoms with E-state index < -0.39 is 11.9 Å². The molecular formula is C35H43NO6. The van der Waals surface area contributed by atoms with E-state index in [-0.39, 0.29) is 18.3 Å². The Hall–Kier alpha value is -3.78. The van der Waals surface area contributed by atoms with Crippen molar-refractivity contribution in [1.82, 2.24) is 4.90 Å². The molecule has 1 saturated heterocycles. The molecule has 3 aromatic carbocycles.